The van der Waals surface area contributed by atoms with E-state index in [4.69, 9.17) is 0 Å². The molecule has 0 aromatic rings. The van der Waals surface area contributed by atoms with Gasteiger partial charge in [-0.3, -0.25) is 4.79 Å². The highest BCUT2D eigenvalue weighted by Crippen LogP contribution is 2.46. The second-order valence-electron chi connectivity index (χ2n) is 5.69. The fourth-order valence-corrected chi connectivity index (χ4v) is 2.56. The Morgan fingerprint density at radius 3 is 2.50 bits per heavy atom. The van der Waals surface area contributed by atoms with Crippen LogP contribution in [-0.2, 0) is 4.79 Å². The van der Waals surface area contributed by atoms with E-state index in [1.807, 2.05) is 7.05 Å². The van der Waals surface area contributed by atoms with Gasteiger partial charge in [0.1, 0.15) is 0 Å². The van der Waals surface area contributed by atoms with Gasteiger partial charge >= 0.3 is 0 Å². The van der Waals surface area contributed by atoms with Crippen molar-refractivity contribution in [2.75, 3.05) is 26.7 Å². The van der Waals surface area contributed by atoms with E-state index >= 15 is 0 Å². The summed E-state index contributed by atoms with van der Waals surface area (Å²) in [5, 5.41) is 3.20. The van der Waals surface area contributed by atoms with E-state index in [0.29, 0.717) is 5.91 Å². The van der Waals surface area contributed by atoms with Gasteiger partial charge in [0.05, 0.1) is 0 Å². The van der Waals surface area contributed by atoms with E-state index in [2.05, 4.69) is 17.1 Å². The maximum atomic E-state index is 12.1. The Labute approximate surface area is 98.6 Å². The molecule has 0 radical (unpaired) electrons. The van der Waals surface area contributed by atoms with Crippen molar-refractivity contribution in [1.29, 1.82) is 0 Å². The molecule has 0 atom stereocenters. The molecule has 1 saturated heterocycles. The summed E-state index contributed by atoms with van der Waals surface area (Å²) in [6.07, 6.45) is 5.86. The average molecular weight is 224 g/mol. The second-order valence-corrected chi connectivity index (χ2v) is 5.69. The Bertz CT molecular complexity index is 253. The molecule has 92 valence electrons. The van der Waals surface area contributed by atoms with Gasteiger partial charge in [0.2, 0.25) is 5.91 Å². The van der Waals surface area contributed by atoms with Crippen LogP contribution in [0.15, 0.2) is 0 Å². The molecule has 0 aromatic carbocycles. The predicted molar refractivity (Wildman–Crippen MR) is 65.2 cm³/mol. The average Bonchev–Trinajstić information content (AvgIpc) is 3.06. The fourth-order valence-electron chi connectivity index (χ4n) is 2.56. The van der Waals surface area contributed by atoms with E-state index in [9.17, 15) is 4.79 Å². The molecule has 0 bridgehead atoms. The first-order valence-electron chi connectivity index (χ1n) is 6.60. The number of hydrogen-bond acceptors (Lipinski definition) is 2. The molecule has 3 heteroatoms. The van der Waals surface area contributed by atoms with Crippen molar-refractivity contribution in [3.63, 3.8) is 0 Å². The Morgan fingerprint density at radius 1 is 1.38 bits per heavy atom. The molecule has 2 rings (SSSR count). The van der Waals surface area contributed by atoms with Crippen molar-refractivity contribution >= 4 is 5.91 Å². The molecule has 0 unspecified atom stereocenters. The zero-order valence-electron chi connectivity index (χ0n) is 10.6. The monoisotopic (exact) mass is 224 g/mol. The minimum atomic E-state index is 0.0256. The number of nitrogens with zero attached hydrogens (tertiary/aromatic N) is 1. The number of nitrogens with one attached hydrogen (secondary N) is 1. The lowest BCUT2D eigenvalue weighted by Crippen LogP contribution is -2.42. The first kappa shape index (κ1) is 11.9. The quantitative estimate of drug-likeness (QED) is 0.787. The molecular formula is C13H24N2O. The van der Waals surface area contributed by atoms with Crippen LogP contribution in [0.25, 0.3) is 0 Å². The highest BCUT2D eigenvalue weighted by atomic mass is 16.2. The van der Waals surface area contributed by atoms with Crippen LogP contribution < -0.4 is 5.32 Å². The molecule has 1 aliphatic carbocycles. The summed E-state index contributed by atoms with van der Waals surface area (Å²) < 4.78 is 0. The summed E-state index contributed by atoms with van der Waals surface area (Å²) in [6.45, 7) is 5.20. The number of piperidine rings is 1. The van der Waals surface area contributed by atoms with Gasteiger partial charge in [-0.25, -0.2) is 0 Å². The molecule has 1 heterocycles. The third-order valence-electron chi connectivity index (χ3n) is 4.22. The summed E-state index contributed by atoms with van der Waals surface area (Å²) in [4.78, 5) is 14.2. The van der Waals surface area contributed by atoms with Crippen molar-refractivity contribution in [1.82, 2.24) is 10.2 Å². The van der Waals surface area contributed by atoms with Crippen molar-refractivity contribution in [2.45, 2.75) is 39.0 Å². The fraction of sp³-hybridized carbons (Fsp3) is 0.923. The molecule has 3 nitrogen and oxygen atoms in total. The van der Waals surface area contributed by atoms with Gasteiger partial charge in [0.15, 0.2) is 0 Å². The van der Waals surface area contributed by atoms with E-state index < -0.39 is 0 Å². The number of amides is 1. The van der Waals surface area contributed by atoms with Crippen LogP contribution >= 0.6 is 0 Å². The van der Waals surface area contributed by atoms with E-state index in [-0.39, 0.29) is 5.41 Å². The molecule has 1 N–H and O–H groups in total. The lowest BCUT2D eigenvalue weighted by molar-refractivity contribution is -0.137. The van der Waals surface area contributed by atoms with Gasteiger partial charge in [-0.05, 0) is 51.6 Å². The lowest BCUT2D eigenvalue weighted by Gasteiger charge is -2.33. The van der Waals surface area contributed by atoms with Gasteiger partial charge in [0.25, 0.3) is 0 Å². The van der Waals surface area contributed by atoms with Crippen LogP contribution in [0.2, 0.25) is 0 Å². The standard InChI is InChI=1S/C13H24N2O/c1-13(6-7-13)12(16)15-9-4-11(5-10-15)3-8-14-2/h11,14H,3-10H2,1-2H3. The second kappa shape index (κ2) is 4.74. The Kier molecular flexibility index (Phi) is 3.53. The third kappa shape index (κ3) is 2.57. The van der Waals surface area contributed by atoms with Crippen LogP contribution in [0, 0.1) is 11.3 Å². The van der Waals surface area contributed by atoms with Gasteiger partial charge < -0.3 is 10.2 Å². The minimum Gasteiger partial charge on any atom is -0.342 e. The molecule has 2 aliphatic rings. The molecule has 0 aromatic heterocycles. The Balaban J connectivity index is 1.74. The highest BCUT2D eigenvalue weighted by Gasteiger charge is 2.47. The summed E-state index contributed by atoms with van der Waals surface area (Å²) >= 11 is 0. The van der Waals surface area contributed by atoms with E-state index in [1.165, 1.54) is 19.3 Å². The van der Waals surface area contributed by atoms with Gasteiger partial charge in [0, 0.05) is 18.5 Å². The number of carbonyl (C=O) groups is 1. The molecular weight excluding hydrogens is 200 g/mol. The molecule has 1 aliphatic heterocycles. The molecule has 2 fully saturated rings. The highest BCUT2D eigenvalue weighted by molar-refractivity contribution is 5.84. The molecule has 1 saturated carbocycles. The normalized spacial score (nSPS) is 24.5. The number of carbonyl (C=O) groups excluding carboxylic acids is 1. The predicted octanol–water partition coefficient (Wildman–Crippen LogP) is 1.63. The smallest absolute Gasteiger partial charge is 0.228 e. The van der Waals surface area contributed by atoms with Crippen molar-refractivity contribution in [3.05, 3.63) is 0 Å². The zero-order valence-corrected chi connectivity index (χ0v) is 10.6. The first-order chi connectivity index (χ1) is 7.65. The van der Waals surface area contributed by atoms with Crippen LogP contribution in [0.4, 0.5) is 0 Å². The van der Waals surface area contributed by atoms with Crippen molar-refractivity contribution in [2.24, 2.45) is 11.3 Å². The summed E-state index contributed by atoms with van der Waals surface area (Å²) in [7, 11) is 2.01. The number of hydrogen-bond donors (Lipinski definition) is 1. The van der Waals surface area contributed by atoms with Crippen LogP contribution in [0.1, 0.15) is 39.0 Å². The Hall–Kier alpha value is -0.570. The molecule has 0 spiro atoms. The minimum absolute atomic E-state index is 0.0256. The largest absolute Gasteiger partial charge is 0.342 e. The maximum Gasteiger partial charge on any atom is 0.228 e. The van der Waals surface area contributed by atoms with Crippen LogP contribution in [0.5, 0.6) is 0 Å². The van der Waals surface area contributed by atoms with Gasteiger partial charge in [-0.15, -0.1) is 0 Å². The van der Waals surface area contributed by atoms with Gasteiger partial charge in [-0.1, -0.05) is 6.92 Å². The van der Waals surface area contributed by atoms with E-state index in [0.717, 1.165) is 38.4 Å². The summed E-state index contributed by atoms with van der Waals surface area (Å²) in [6, 6.07) is 0. The van der Waals surface area contributed by atoms with E-state index in [1.54, 1.807) is 0 Å². The summed E-state index contributed by atoms with van der Waals surface area (Å²) in [5.74, 6) is 1.24. The van der Waals surface area contributed by atoms with Crippen molar-refractivity contribution in [3.8, 4) is 0 Å². The Morgan fingerprint density at radius 2 is 2.00 bits per heavy atom. The van der Waals surface area contributed by atoms with Crippen LogP contribution in [-0.4, -0.2) is 37.5 Å². The topological polar surface area (TPSA) is 32.3 Å². The van der Waals surface area contributed by atoms with Crippen molar-refractivity contribution < 1.29 is 4.79 Å². The van der Waals surface area contributed by atoms with Crippen LogP contribution in [0.3, 0.4) is 0 Å². The summed E-state index contributed by atoms with van der Waals surface area (Å²) in [5.41, 5.74) is 0.0256. The SMILES string of the molecule is CNCCC1CCN(C(=O)C2(C)CC2)CC1. The number of likely N-dealkylation sites (tertiary alicyclic amines) is 1. The first-order valence-corrected chi connectivity index (χ1v) is 6.60. The number of rotatable bonds is 4. The lowest BCUT2D eigenvalue weighted by atomic mass is 9.92. The molecule has 16 heavy (non-hydrogen) atoms. The zero-order chi connectivity index (χ0) is 11.6. The molecule has 1 amide bonds. The third-order valence-corrected chi connectivity index (χ3v) is 4.22. The maximum absolute atomic E-state index is 12.1. The van der Waals surface area contributed by atoms with Gasteiger partial charge in [-0.2, -0.15) is 0 Å².